The quantitative estimate of drug-likeness (QED) is 0.283. The molecule has 0 heterocycles. The van der Waals surface area contributed by atoms with Crippen LogP contribution >= 0.6 is 0 Å². The standard InChI is InChI=1S/C29H42O7/c1-18-14-15-27(7,8)26(34-21(4)30)16-25(33)19(2)10-12-24-13-11-20(3)28(9,35-22(5)31)29(24,17-18)36-23(6)32/h10,13-14,20,26H,11-12,15-17H2,1-9H3/b18-14+,19-10+/t20-,26-,28-,29+/m1/s1. The van der Waals surface area contributed by atoms with Crippen LogP contribution in [0, 0.1) is 11.3 Å². The molecule has 0 spiro atoms. The smallest absolute Gasteiger partial charge is 0.303 e. The monoisotopic (exact) mass is 502 g/mol. The number of carbonyl (C=O) groups excluding carboxylic acids is 4. The molecule has 2 rings (SSSR count). The first-order valence-corrected chi connectivity index (χ1v) is 12.7. The fourth-order valence-corrected chi connectivity index (χ4v) is 5.31. The van der Waals surface area contributed by atoms with Gasteiger partial charge in [-0.1, -0.05) is 44.6 Å². The van der Waals surface area contributed by atoms with Crippen molar-refractivity contribution < 1.29 is 33.4 Å². The van der Waals surface area contributed by atoms with E-state index in [9.17, 15) is 19.2 Å². The second-order valence-electron chi connectivity index (χ2n) is 11.2. The molecule has 0 saturated heterocycles. The Bertz CT molecular complexity index is 999. The molecule has 0 fully saturated rings. The third-order valence-corrected chi connectivity index (χ3v) is 7.78. The zero-order valence-electron chi connectivity index (χ0n) is 23.3. The van der Waals surface area contributed by atoms with Crippen molar-refractivity contribution in [2.24, 2.45) is 11.3 Å². The predicted octanol–water partition coefficient (Wildman–Crippen LogP) is 5.57. The van der Waals surface area contributed by atoms with Gasteiger partial charge in [-0.05, 0) is 51.2 Å². The Morgan fingerprint density at radius 2 is 1.53 bits per heavy atom. The normalized spacial score (nSPS) is 34.0. The Morgan fingerprint density at radius 1 is 0.917 bits per heavy atom. The summed E-state index contributed by atoms with van der Waals surface area (Å²) in [6.45, 7) is 15.5. The van der Waals surface area contributed by atoms with E-state index in [1.165, 1.54) is 20.8 Å². The Balaban J connectivity index is 2.76. The van der Waals surface area contributed by atoms with Crippen molar-refractivity contribution in [2.75, 3.05) is 0 Å². The maximum Gasteiger partial charge on any atom is 0.303 e. The third kappa shape index (κ3) is 6.34. The molecule has 0 unspecified atom stereocenters. The molecule has 0 bridgehead atoms. The van der Waals surface area contributed by atoms with Crippen molar-refractivity contribution in [2.45, 2.75) is 112 Å². The lowest BCUT2D eigenvalue weighted by atomic mass is 9.63. The van der Waals surface area contributed by atoms with Gasteiger partial charge in [-0.25, -0.2) is 0 Å². The highest BCUT2D eigenvalue weighted by atomic mass is 16.6. The van der Waals surface area contributed by atoms with Crippen LogP contribution in [0.25, 0.3) is 0 Å². The van der Waals surface area contributed by atoms with Gasteiger partial charge in [-0.15, -0.1) is 0 Å². The highest BCUT2D eigenvalue weighted by Crippen LogP contribution is 2.51. The number of fused-ring (bicyclic) bond motifs is 1. The van der Waals surface area contributed by atoms with Crippen LogP contribution in [0.5, 0.6) is 0 Å². The first kappa shape index (κ1) is 29.5. The van der Waals surface area contributed by atoms with Crippen LogP contribution in [0.1, 0.15) is 94.4 Å². The minimum Gasteiger partial charge on any atom is -0.461 e. The number of rotatable bonds is 3. The predicted molar refractivity (Wildman–Crippen MR) is 137 cm³/mol. The molecule has 7 heteroatoms. The van der Waals surface area contributed by atoms with Crippen molar-refractivity contribution in [1.29, 1.82) is 0 Å². The SMILES string of the molecule is CC(=O)O[C@@H]1CC(=O)/C(C)=C/CC2=CC[C@@H](C)[C@@](C)(OC(C)=O)[C@]2(OC(C)=O)C/C(C)=C/CC1(C)C. The molecule has 0 saturated carbocycles. The van der Waals surface area contributed by atoms with E-state index in [1.807, 2.05) is 52.8 Å². The first-order chi connectivity index (χ1) is 16.5. The second kappa shape index (κ2) is 11.1. The Hall–Kier alpha value is -2.70. The molecule has 200 valence electrons. The van der Waals surface area contributed by atoms with Gasteiger partial charge >= 0.3 is 17.9 Å². The van der Waals surface area contributed by atoms with E-state index >= 15 is 0 Å². The Kier molecular flexibility index (Phi) is 9.14. The van der Waals surface area contributed by atoms with E-state index in [1.54, 1.807) is 6.92 Å². The number of ketones is 1. The molecule has 0 aromatic heterocycles. The lowest BCUT2D eigenvalue weighted by Gasteiger charge is -2.53. The van der Waals surface area contributed by atoms with Gasteiger partial charge in [-0.2, -0.15) is 0 Å². The van der Waals surface area contributed by atoms with Crippen molar-refractivity contribution in [3.63, 3.8) is 0 Å². The average Bonchev–Trinajstić information content (AvgIpc) is 2.73. The number of ether oxygens (including phenoxy) is 3. The highest BCUT2D eigenvalue weighted by Gasteiger charge is 2.60. The molecule has 4 atom stereocenters. The zero-order valence-corrected chi connectivity index (χ0v) is 23.3. The number of esters is 3. The van der Waals surface area contributed by atoms with Gasteiger partial charge in [0.05, 0.1) is 0 Å². The number of Topliss-reactive ketones (excluding diaryl/α,β-unsaturated/α-hetero) is 1. The molecule has 2 aliphatic carbocycles. The lowest BCUT2D eigenvalue weighted by Crippen LogP contribution is -2.63. The van der Waals surface area contributed by atoms with Gasteiger partial charge in [-0.3, -0.25) is 19.2 Å². The summed E-state index contributed by atoms with van der Waals surface area (Å²) in [4.78, 5) is 49.8. The van der Waals surface area contributed by atoms with Crippen molar-refractivity contribution >= 4 is 23.7 Å². The molecule has 7 nitrogen and oxygen atoms in total. The molecule has 0 amide bonds. The van der Waals surface area contributed by atoms with E-state index in [4.69, 9.17) is 14.2 Å². The van der Waals surface area contributed by atoms with E-state index in [2.05, 4.69) is 0 Å². The molecular formula is C29H42O7. The van der Waals surface area contributed by atoms with E-state index in [0.717, 1.165) is 11.1 Å². The van der Waals surface area contributed by atoms with Crippen LogP contribution in [0.3, 0.4) is 0 Å². The van der Waals surface area contributed by atoms with Crippen LogP contribution < -0.4 is 0 Å². The summed E-state index contributed by atoms with van der Waals surface area (Å²) in [5.74, 6) is -1.58. The fourth-order valence-electron chi connectivity index (χ4n) is 5.31. The van der Waals surface area contributed by atoms with Gasteiger partial charge in [0.2, 0.25) is 0 Å². The summed E-state index contributed by atoms with van der Waals surface area (Å²) in [5, 5.41) is 0. The molecule has 0 N–H and O–H groups in total. The lowest BCUT2D eigenvalue weighted by molar-refractivity contribution is -0.213. The van der Waals surface area contributed by atoms with E-state index < -0.39 is 40.6 Å². The van der Waals surface area contributed by atoms with Gasteiger partial charge in [0.1, 0.15) is 6.10 Å². The molecule has 2 aliphatic rings. The van der Waals surface area contributed by atoms with Crippen molar-refractivity contribution in [1.82, 2.24) is 0 Å². The number of carbonyl (C=O) groups is 4. The van der Waals surface area contributed by atoms with Crippen LogP contribution in [0.4, 0.5) is 0 Å². The van der Waals surface area contributed by atoms with E-state index in [0.29, 0.717) is 31.3 Å². The first-order valence-electron chi connectivity index (χ1n) is 12.7. The summed E-state index contributed by atoms with van der Waals surface area (Å²) in [6.07, 6.45) is 7.23. The second-order valence-corrected chi connectivity index (χ2v) is 11.2. The van der Waals surface area contributed by atoms with E-state index in [-0.39, 0.29) is 18.1 Å². The topological polar surface area (TPSA) is 96.0 Å². The number of hydrogen-bond donors (Lipinski definition) is 0. The van der Waals surface area contributed by atoms with Crippen molar-refractivity contribution in [3.8, 4) is 0 Å². The summed E-state index contributed by atoms with van der Waals surface area (Å²) in [7, 11) is 0. The van der Waals surface area contributed by atoms with Crippen LogP contribution in [-0.2, 0) is 33.4 Å². The Morgan fingerprint density at radius 3 is 2.08 bits per heavy atom. The average molecular weight is 503 g/mol. The van der Waals surface area contributed by atoms with Gasteiger partial charge in [0.25, 0.3) is 0 Å². The zero-order chi connectivity index (χ0) is 27.5. The highest BCUT2D eigenvalue weighted by molar-refractivity contribution is 5.95. The molecule has 0 aromatic carbocycles. The summed E-state index contributed by atoms with van der Waals surface area (Å²) < 4.78 is 17.7. The van der Waals surface area contributed by atoms with Gasteiger partial charge in [0, 0.05) is 44.9 Å². The Labute approximate surface area is 215 Å². The van der Waals surface area contributed by atoms with Crippen LogP contribution in [0.15, 0.2) is 34.9 Å². The maximum atomic E-state index is 13.2. The largest absolute Gasteiger partial charge is 0.461 e. The summed E-state index contributed by atoms with van der Waals surface area (Å²) in [5.41, 5.74) is -0.604. The number of allylic oxidation sites excluding steroid dienone is 4. The summed E-state index contributed by atoms with van der Waals surface area (Å²) in [6, 6.07) is 0. The molecule has 0 radical (unpaired) electrons. The molecular weight excluding hydrogens is 460 g/mol. The maximum absolute atomic E-state index is 13.2. The van der Waals surface area contributed by atoms with Crippen LogP contribution in [0.2, 0.25) is 0 Å². The summed E-state index contributed by atoms with van der Waals surface area (Å²) >= 11 is 0. The molecule has 0 aliphatic heterocycles. The van der Waals surface area contributed by atoms with Gasteiger partial charge < -0.3 is 14.2 Å². The van der Waals surface area contributed by atoms with Crippen molar-refractivity contribution in [3.05, 3.63) is 34.9 Å². The fraction of sp³-hybridized carbons (Fsp3) is 0.655. The third-order valence-electron chi connectivity index (χ3n) is 7.78. The number of hydrogen-bond acceptors (Lipinski definition) is 7. The minimum atomic E-state index is -1.24. The van der Waals surface area contributed by atoms with Crippen LogP contribution in [-0.4, -0.2) is 41.0 Å². The molecule has 0 aromatic rings. The molecule has 36 heavy (non-hydrogen) atoms. The minimum absolute atomic E-state index is 0.0815. The van der Waals surface area contributed by atoms with Gasteiger partial charge in [0.15, 0.2) is 17.0 Å².